The van der Waals surface area contributed by atoms with E-state index in [1.807, 2.05) is 66.7 Å². The highest BCUT2D eigenvalue weighted by Crippen LogP contribution is 2.42. The molecule has 5 aromatic rings. The lowest BCUT2D eigenvalue weighted by molar-refractivity contribution is -0.138. The van der Waals surface area contributed by atoms with Crippen LogP contribution in [0, 0.1) is 0 Å². The molecular formula is C36H32N2O7S. The Kier molecular flexibility index (Phi) is 8.63. The fourth-order valence-electron chi connectivity index (χ4n) is 5.79. The normalized spacial score (nSPS) is 14.5. The third kappa shape index (κ3) is 5.30. The fraction of sp³-hybridized carbons (Fsp3) is 0.194. The molecule has 0 bridgehead atoms. The van der Waals surface area contributed by atoms with Crippen LogP contribution in [0.3, 0.4) is 0 Å². The molecule has 1 aromatic heterocycles. The van der Waals surface area contributed by atoms with Gasteiger partial charge in [-0.25, -0.2) is 9.79 Å². The van der Waals surface area contributed by atoms with E-state index in [1.54, 1.807) is 36.8 Å². The zero-order valence-corrected chi connectivity index (χ0v) is 26.8. The van der Waals surface area contributed by atoms with Crippen molar-refractivity contribution in [2.45, 2.75) is 13.0 Å². The van der Waals surface area contributed by atoms with Crippen molar-refractivity contribution in [3.8, 4) is 23.0 Å². The molecule has 9 nitrogen and oxygen atoms in total. The quantitative estimate of drug-likeness (QED) is 0.207. The zero-order valence-electron chi connectivity index (χ0n) is 26.0. The fourth-order valence-corrected chi connectivity index (χ4v) is 6.79. The molecule has 0 unspecified atom stereocenters. The van der Waals surface area contributed by atoms with E-state index in [2.05, 4.69) is 0 Å². The molecule has 0 fully saturated rings. The van der Waals surface area contributed by atoms with Gasteiger partial charge in [0.05, 0.1) is 50.8 Å². The van der Waals surface area contributed by atoms with Gasteiger partial charge in [0.15, 0.2) is 16.3 Å². The van der Waals surface area contributed by atoms with Crippen molar-refractivity contribution in [2.24, 2.45) is 4.99 Å². The Morgan fingerprint density at radius 1 is 0.870 bits per heavy atom. The number of carbonyl (C=O) groups excluding carboxylic acids is 1. The molecule has 1 atom stereocenters. The molecule has 6 rings (SSSR count). The van der Waals surface area contributed by atoms with Crippen LogP contribution >= 0.6 is 11.3 Å². The molecule has 0 amide bonds. The molecule has 0 aliphatic carbocycles. The minimum absolute atomic E-state index is 0.148. The van der Waals surface area contributed by atoms with Crippen molar-refractivity contribution >= 4 is 39.9 Å². The van der Waals surface area contributed by atoms with Crippen LogP contribution in [0.1, 0.15) is 29.7 Å². The molecule has 1 aliphatic rings. The largest absolute Gasteiger partial charge is 0.496 e. The predicted octanol–water partition coefficient (Wildman–Crippen LogP) is 5.12. The summed E-state index contributed by atoms with van der Waals surface area (Å²) in [6.07, 6.45) is 1.75. The first-order chi connectivity index (χ1) is 22.4. The molecule has 0 N–H and O–H groups in total. The van der Waals surface area contributed by atoms with Gasteiger partial charge in [0.2, 0.25) is 5.75 Å². The van der Waals surface area contributed by atoms with Gasteiger partial charge in [-0.2, -0.15) is 0 Å². The van der Waals surface area contributed by atoms with Crippen molar-refractivity contribution < 1.29 is 28.5 Å². The Bertz CT molecular complexity index is 2140. The van der Waals surface area contributed by atoms with E-state index < -0.39 is 12.0 Å². The third-order valence-corrected chi connectivity index (χ3v) is 8.77. The van der Waals surface area contributed by atoms with Crippen LogP contribution < -0.4 is 33.8 Å². The van der Waals surface area contributed by atoms with E-state index in [9.17, 15) is 9.59 Å². The van der Waals surface area contributed by atoms with Gasteiger partial charge in [-0.05, 0) is 47.5 Å². The molecule has 2 heterocycles. The van der Waals surface area contributed by atoms with Crippen molar-refractivity contribution in [3.63, 3.8) is 0 Å². The average molecular weight is 637 g/mol. The number of thiazole rings is 1. The summed E-state index contributed by atoms with van der Waals surface area (Å²) < 4.78 is 30.1. The summed E-state index contributed by atoms with van der Waals surface area (Å²) in [5.74, 6) is 1.31. The maximum Gasteiger partial charge on any atom is 0.338 e. The topological polar surface area (TPSA) is 97.6 Å². The standard InChI is InChI=1S/C36H32N2O7S/c1-6-45-35(40)30-31(23-13-8-7-9-14-23)37-36-38(32(30)29-24-15-11-10-12-22(24)16-17-25(29)41-2)34(39)28(46-36)20-21-18-26(42-3)33(44-5)27(19-21)43-4/h7-20,32H,6H2,1-5H3/t32-/m0/s1. The minimum atomic E-state index is -0.909. The van der Waals surface area contributed by atoms with E-state index in [0.717, 1.165) is 16.3 Å². The Morgan fingerprint density at radius 3 is 2.20 bits per heavy atom. The number of benzene rings is 4. The maximum atomic E-state index is 14.5. The lowest BCUT2D eigenvalue weighted by atomic mass is 9.89. The number of nitrogens with zero attached hydrogens (tertiary/aromatic N) is 2. The lowest BCUT2D eigenvalue weighted by Gasteiger charge is -2.28. The summed E-state index contributed by atoms with van der Waals surface area (Å²) in [5.41, 5.74) is 2.39. The van der Waals surface area contributed by atoms with Gasteiger partial charge < -0.3 is 23.7 Å². The Hall–Kier alpha value is -5.35. The van der Waals surface area contributed by atoms with Gasteiger partial charge in [-0.1, -0.05) is 72.0 Å². The Labute approximate surface area is 269 Å². The molecule has 46 heavy (non-hydrogen) atoms. The van der Waals surface area contributed by atoms with Crippen LogP contribution in [0.5, 0.6) is 23.0 Å². The molecular weight excluding hydrogens is 604 g/mol. The molecule has 1 aliphatic heterocycles. The van der Waals surface area contributed by atoms with Gasteiger partial charge in [0.25, 0.3) is 5.56 Å². The predicted molar refractivity (Wildman–Crippen MR) is 178 cm³/mol. The SMILES string of the molecule is CCOC(=O)C1=C(c2ccccc2)N=c2sc(=Cc3cc(OC)c(OC)c(OC)c3)c(=O)n2[C@H]1c1c(OC)ccc2ccccc12. The van der Waals surface area contributed by atoms with Gasteiger partial charge in [-0.15, -0.1) is 0 Å². The molecule has 10 heteroatoms. The smallest absolute Gasteiger partial charge is 0.338 e. The van der Waals surface area contributed by atoms with E-state index in [1.165, 1.54) is 32.7 Å². The number of rotatable bonds is 9. The number of carbonyl (C=O) groups is 1. The van der Waals surface area contributed by atoms with E-state index in [4.69, 9.17) is 28.7 Å². The maximum absolute atomic E-state index is 14.5. The van der Waals surface area contributed by atoms with Crippen molar-refractivity contribution in [1.82, 2.24) is 4.57 Å². The number of fused-ring (bicyclic) bond motifs is 2. The van der Waals surface area contributed by atoms with Crippen molar-refractivity contribution in [2.75, 3.05) is 35.0 Å². The summed E-state index contributed by atoms with van der Waals surface area (Å²) in [6.45, 7) is 1.90. The van der Waals surface area contributed by atoms with Crippen LogP contribution in [0.4, 0.5) is 0 Å². The molecule has 0 spiro atoms. The first-order valence-corrected chi connectivity index (χ1v) is 15.4. The Balaban J connectivity index is 1.72. The molecule has 0 saturated heterocycles. The van der Waals surface area contributed by atoms with Crippen LogP contribution in [0.2, 0.25) is 0 Å². The van der Waals surface area contributed by atoms with Gasteiger partial charge in [0.1, 0.15) is 11.8 Å². The first-order valence-electron chi connectivity index (χ1n) is 14.6. The van der Waals surface area contributed by atoms with Crippen LogP contribution in [0.15, 0.2) is 94.2 Å². The van der Waals surface area contributed by atoms with Crippen molar-refractivity contribution in [1.29, 1.82) is 0 Å². The summed E-state index contributed by atoms with van der Waals surface area (Å²) in [5, 5.41) is 1.77. The minimum Gasteiger partial charge on any atom is -0.496 e. The number of esters is 1. The highest BCUT2D eigenvalue weighted by molar-refractivity contribution is 7.07. The van der Waals surface area contributed by atoms with Gasteiger partial charge >= 0.3 is 5.97 Å². The number of hydrogen-bond donors (Lipinski definition) is 0. The highest BCUT2D eigenvalue weighted by Gasteiger charge is 2.37. The van der Waals surface area contributed by atoms with E-state index >= 15 is 0 Å². The van der Waals surface area contributed by atoms with E-state index in [0.29, 0.717) is 49.2 Å². The first kappa shape index (κ1) is 30.7. The molecule has 0 saturated carbocycles. The summed E-state index contributed by atoms with van der Waals surface area (Å²) in [4.78, 5) is 33.9. The van der Waals surface area contributed by atoms with E-state index in [-0.39, 0.29) is 17.7 Å². The van der Waals surface area contributed by atoms with Crippen LogP contribution in [-0.4, -0.2) is 45.6 Å². The average Bonchev–Trinajstić information content (AvgIpc) is 3.40. The summed E-state index contributed by atoms with van der Waals surface area (Å²) in [7, 11) is 6.18. The number of ether oxygens (including phenoxy) is 5. The van der Waals surface area contributed by atoms with Crippen LogP contribution in [0.25, 0.3) is 22.5 Å². The highest BCUT2D eigenvalue weighted by atomic mass is 32.1. The Morgan fingerprint density at radius 2 is 1.54 bits per heavy atom. The molecule has 234 valence electrons. The van der Waals surface area contributed by atoms with Gasteiger partial charge in [0, 0.05) is 11.1 Å². The molecule has 0 radical (unpaired) electrons. The third-order valence-electron chi connectivity index (χ3n) is 7.78. The zero-order chi connectivity index (χ0) is 32.4. The lowest BCUT2D eigenvalue weighted by Crippen LogP contribution is -2.40. The summed E-state index contributed by atoms with van der Waals surface area (Å²) in [6, 6.07) is 23.7. The monoisotopic (exact) mass is 636 g/mol. The van der Waals surface area contributed by atoms with Gasteiger partial charge in [-0.3, -0.25) is 9.36 Å². The number of hydrogen-bond acceptors (Lipinski definition) is 9. The number of methoxy groups -OCH3 is 4. The molecule has 4 aromatic carbocycles. The second-order valence-electron chi connectivity index (χ2n) is 10.3. The second-order valence-corrected chi connectivity index (χ2v) is 11.3. The van der Waals surface area contributed by atoms with Crippen LogP contribution in [-0.2, 0) is 9.53 Å². The second kappa shape index (κ2) is 12.9. The number of aromatic nitrogens is 1. The summed E-state index contributed by atoms with van der Waals surface area (Å²) >= 11 is 1.22. The van der Waals surface area contributed by atoms with Crippen molar-refractivity contribution in [3.05, 3.63) is 121 Å².